The fourth-order valence-electron chi connectivity index (χ4n) is 11.4. The maximum atomic E-state index is 5.95. The van der Waals surface area contributed by atoms with Crippen molar-refractivity contribution in [3.63, 3.8) is 0 Å². The Morgan fingerprint density at radius 2 is 0.687 bits per heavy atom. The van der Waals surface area contributed by atoms with E-state index >= 15 is 0 Å². The van der Waals surface area contributed by atoms with Crippen LogP contribution in [-0.4, -0.2) is 29.5 Å². The lowest BCUT2D eigenvalue weighted by atomic mass is 9.98. The van der Waals surface area contributed by atoms with Crippen molar-refractivity contribution in [2.75, 3.05) is 0 Å². The topological polar surface area (TPSA) is 72.3 Å². The number of hydrogen-bond acceptors (Lipinski definition) is 4. The molecule has 0 bridgehead atoms. The summed E-state index contributed by atoms with van der Waals surface area (Å²) in [6, 6.07) is 105. The molecule has 12 aromatic carbocycles. The third-order valence-electron chi connectivity index (χ3n) is 15.3. The normalized spacial score (nSPS) is 11.2. The number of hydrogen-bond donors (Lipinski definition) is 1. The predicted octanol–water partition coefficient (Wildman–Crippen LogP) is 20.3. The van der Waals surface area contributed by atoms with Gasteiger partial charge in [-0.2, -0.15) is 0 Å². The standard InChI is InChI=1S/C38H25N3.C24H17N.C14H9ClN2/c1-3-12-26(13-4-1)27-22-24-28(25-23-27)30-18-11-19-32-31-16-8-10-21-35(31)41(37(30)32)38-39-34-20-9-7-17-33(34)36(40-38)29-14-5-2-6-15-29;1-2-7-17(8-3-1)18-13-15-19(16-14-18)20-10-6-11-22-21-9-4-5-12-23(21)25-24(20)22;15-14-16-12-9-5-4-8-11(12)13(17-14)10-6-2-1-3-7-10/h1-25H;1-16,25H;1-9H. The highest BCUT2D eigenvalue weighted by Gasteiger charge is 2.20. The number of benzene rings is 12. The number of H-pyrrole nitrogens is 1. The second-order valence-electron chi connectivity index (χ2n) is 20.3. The SMILES string of the molecule is Clc1nc(-c2ccccc2)c2ccccc2n1.c1ccc(-c2ccc(-c3cccc4c3[nH]c3ccccc34)cc2)cc1.c1ccc(-c2ccc(-c3cccc4c5ccccc5n(-c5nc(-c6ccccc6)c6ccccc6n5)c34)cc2)cc1. The van der Waals surface area contributed by atoms with E-state index in [1.807, 2.05) is 66.7 Å². The molecule has 0 radical (unpaired) electrons. The number of aromatic amines is 1. The van der Waals surface area contributed by atoms with Crippen molar-refractivity contribution >= 4 is 77.0 Å². The van der Waals surface area contributed by atoms with Gasteiger partial charge in [0.1, 0.15) is 0 Å². The van der Waals surface area contributed by atoms with Crippen molar-refractivity contribution in [2.45, 2.75) is 0 Å². The van der Waals surface area contributed by atoms with E-state index in [1.165, 1.54) is 66.0 Å². The van der Waals surface area contributed by atoms with E-state index in [2.05, 4.69) is 256 Å². The van der Waals surface area contributed by atoms with Gasteiger partial charge in [0, 0.05) is 60.1 Å². The van der Waals surface area contributed by atoms with Gasteiger partial charge in [-0.15, -0.1) is 0 Å². The number of para-hydroxylation sites is 6. The third-order valence-corrected chi connectivity index (χ3v) is 15.5. The molecular weight excluding hydrogens is 1030 g/mol. The fraction of sp³-hybridized carbons (Fsp3) is 0. The average molecular weight is 1080 g/mol. The highest BCUT2D eigenvalue weighted by atomic mass is 35.5. The van der Waals surface area contributed by atoms with Gasteiger partial charge < -0.3 is 4.98 Å². The first-order valence-corrected chi connectivity index (χ1v) is 28.1. The molecule has 0 unspecified atom stereocenters. The maximum absolute atomic E-state index is 5.95. The first-order chi connectivity index (χ1) is 41.1. The molecule has 0 saturated carbocycles. The van der Waals surface area contributed by atoms with Crippen molar-refractivity contribution in [2.24, 2.45) is 0 Å². The average Bonchev–Trinajstić information content (AvgIpc) is 2.77. The Kier molecular flexibility index (Phi) is 13.6. The summed E-state index contributed by atoms with van der Waals surface area (Å²) in [7, 11) is 0. The Morgan fingerprint density at radius 3 is 1.28 bits per heavy atom. The Morgan fingerprint density at radius 1 is 0.277 bits per heavy atom. The van der Waals surface area contributed by atoms with E-state index in [-0.39, 0.29) is 5.28 Å². The largest absolute Gasteiger partial charge is 0.354 e. The van der Waals surface area contributed by atoms with E-state index in [1.54, 1.807) is 0 Å². The van der Waals surface area contributed by atoms with Crippen molar-refractivity contribution in [3.05, 3.63) is 309 Å². The number of fused-ring (bicyclic) bond motifs is 8. The van der Waals surface area contributed by atoms with E-state index in [9.17, 15) is 0 Å². The zero-order chi connectivity index (χ0) is 55.5. The molecule has 4 heterocycles. The van der Waals surface area contributed by atoms with Gasteiger partial charge in [0.2, 0.25) is 11.2 Å². The summed E-state index contributed by atoms with van der Waals surface area (Å²) in [4.78, 5) is 22.5. The van der Waals surface area contributed by atoms with Crippen LogP contribution in [0.5, 0.6) is 0 Å². The summed E-state index contributed by atoms with van der Waals surface area (Å²) in [5, 5.41) is 7.26. The molecule has 16 rings (SSSR count). The van der Waals surface area contributed by atoms with Crippen LogP contribution in [0.15, 0.2) is 303 Å². The van der Waals surface area contributed by atoms with Gasteiger partial charge in [0.15, 0.2) is 0 Å². The van der Waals surface area contributed by atoms with Crippen LogP contribution in [0, 0.1) is 0 Å². The minimum absolute atomic E-state index is 0.280. The summed E-state index contributed by atoms with van der Waals surface area (Å²) >= 11 is 5.95. The van der Waals surface area contributed by atoms with Gasteiger partial charge in [-0.25, -0.2) is 19.9 Å². The van der Waals surface area contributed by atoms with E-state index in [4.69, 9.17) is 21.6 Å². The van der Waals surface area contributed by atoms with Gasteiger partial charge in [-0.05, 0) is 69.2 Å². The molecule has 392 valence electrons. The molecule has 0 saturated heterocycles. The van der Waals surface area contributed by atoms with E-state index in [0.29, 0.717) is 5.95 Å². The predicted molar refractivity (Wildman–Crippen MR) is 347 cm³/mol. The van der Waals surface area contributed by atoms with Gasteiger partial charge in [-0.3, -0.25) is 4.57 Å². The Bertz CT molecular complexity index is 4950. The van der Waals surface area contributed by atoms with Gasteiger partial charge >= 0.3 is 0 Å². The highest BCUT2D eigenvalue weighted by molar-refractivity contribution is 6.29. The maximum Gasteiger partial charge on any atom is 0.235 e. The lowest BCUT2D eigenvalue weighted by molar-refractivity contribution is 1.01. The van der Waals surface area contributed by atoms with Gasteiger partial charge in [0.25, 0.3) is 0 Å². The monoisotopic (exact) mass is 1080 g/mol. The third kappa shape index (κ3) is 9.94. The molecule has 4 aromatic heterocycles. The van der Waals surface area contributed by atoms with Gasteiger partial charge in [0.05, 0.1) is 39.0 Å². The van der Waals surface area contributed by atoms with Crippen molar-refractivity contribution < 1.29 is 0 Å². The molecule has 1 N–H and O–H groups in total. The zero-order valence-corrected chi connectivity index (χ0v) is 45.7. The fourth-order valence-corrected chi connectivity index (χ4v) is 11.5. The Balaban J connectivity index is 0.000000124. The van der Waals surface area contributed by atoms with Crippen LogP contribution in [0.3, 0.4) is 0 Å². The lowest BCUT2D eigenvalue weighted by Gasteiger charge is -2.13. The molecule has 0 aliphatic carbocycles. The van der Waals surface area contributed by atoms with Crippen LogP contribution in [0.1, 0.15) is 0 Å². The molecule has 0 aliphatic heterocycles. The number of halogens is 1. The number of nitrogens with one attached hydrogen (secondary N) is 1. The first kappa shape index (κ1) is 50.4. The molecule has 0 fully saturated rings. The highest BCUT2D eigenvalue weighted by Crippen LogP contribution is 2.40. The summed E-state index contributed by atoms with van der Waals surface area (Å²) in [6.07, 6.45) is 0. The van der Waals surface area contributed by atoms with Crippen molar-refractivity contribution in [1.82, 2.24) is 29.5 Å². The van der Waals surface area contributed by atoms with Crippen LogP contribution < -0.4 is 0 Å². The number of nitrogens with zero attached hydrogens (tertiary/aromatic N) is 5. The zero-order valence-electron chi connectivity index (χ0n) is 45.0. The molecule has 0 aliphatic rings. The summed E-state index contributed by atoms with van der Waals surface area (Å²) < 4.78 is 2.24. The lowest BCUT2D eigenvalue weighted by Crippen LogP contribution is -2.04. The minimum Gasteiger partial charge on any atom is -0.354 e. The minimum atomic E-state index is 0.280. The van der Waals surface area contributed by atoms with Crippen molar-refractivity contribution in [3.8, 4) is 73.0 Å². The quantitative estimate of drug-likeness (QED) is 0.161. The smallest absolute Gasteiger partial charge is 0.235 e. The molecule has 0 atom stereocenters. The molecule has 16 aromatic rings. The Hall–Kier alpha value is -10.8. The summed E-state index contributed by atoms with van der Waals surface area (Å²) in [5.74, 6) is 0.669. The van der Waals surface area contributed by atoms with Crippen LogP contribution >= 0.6 is 11.6 Å². The van der Waals surface area contributed by atoms with Crippen molar-refractivity contribution in [1.29, 1.82) is 0 Å². The second kappa shape index (κ2) is 22.4. The molecule has 7 heteroatoms. The molecule has 83 heavy (non-hydrogen) atoms. The van der Waals surface area contributed by atoms with Gasteiger partial charge in [-0.1, -0.05) is 279 Å². The number of rotatable bonds is 7. The Labute approximate surface area is 485 Å². The van der Waals surface area contributed by atoms with E-state index in [0.717, 1.165) is 66.5 Å². The number of aromatic nitrogens is 6. The van der Waals surface area contributed by atoms with Crippen LogP contribution in [-0.2, 0) is 0 Å². The molecule has 6 nitrogen and oxygen atoms in total. The van der Waals surface area contributed by atoms with Crippen LogP contribution in [0.4, 0.5) is 0 Å². The molecular formula is C76H51ClN6. The molecule has 0 amide bonds. The van der Waals surface area contributed by atoms with E-state index < -0.39 is 0 Å². The van der Waals surface area contributed by atoms with Crippen LogP contribution in [0.25, 0.3) is 138 Å². The van der Waals surface area contributed by atoms with Crippen LogP contribution in [0.2, 0.25) is 5.28 Å². The first-order valence-electron chi connectivity index (χ1n) is 27.7. The summed E-state index contributed by atoms with van der Waals surface area (Å²) in [6.45, 7) is 0. The molecule has 0 spiro atoms. The second-order valence-corrected chi connectivity index (χ2v) is 20.7. The summed E-state index contributed by atoms with van der Waals surface area (Å²) in [5.41, 5.74) is 20.0.